The number of nitrogens with one attached hydrogen (secondary N) is 2. The van der Waals surface area contributed by atoms with Crippen LogP contribution in [-0.2, 0) is 13.1 Å². The van der Waals surface area contributed by atoms with E-state index >= 15 is 0 Å². The molecule has 0 spiro atoms. The molecule has 2 heterocycles. The first-order valence-electron chi connectivity index (χ1n) is 7.02. The summed E-state index contributed by atoms with van der Waals surface area (Å²) in [5.41, 5.74) is 1.11. The van der Waals surface area contributed by atoms with Crippen LogP contribution in [0.25, 0.3) is 0 Å². The highest BCUT2D eigenvalue weighted by Crippen LogP contribution is 2.15. The Labute approximate surface area is 129 Å². The summed E-state index contributed by atoms with van der Waals surface area (Å²) < 4.78 is 2.07. The number of hydrogen-bond acceptors (Lipinski definition) is 4. The highest BCUT2D eigenvalue weighted by Gasteiger charge is 2.04. The SMILES string of the molecule is CN=C(NCCCn1ccnc1)NCc1nc(C)c(C)s1. The fourth-order valence-corrected chi connectivity index (χ4v) is 2.76. The summed E-state index contributed by atoms with van der Waals surface area (Å²) in [6.07, 6.45) is 6.62. The lowest BCUT2D eigenvalue weighted by molar-refractivity contribution is 0.624. The first-order valence-corrected chi connectivity index (χ1v) is 7.84. The molecule has 2 N–H and O–H groups in total. The Morgan fingerprint density at radius 2 is 2.24 bits per heavy atom. The lowest BCUT2D eigenvalue weighted by Gasteiger charge is -2.10. The molecule has 0 saturated heterocycles. The molecule has 0 aliphatic carbocycles. The zero-order valence-corrected chi connectivity index (χ0v) is 13.6. The summed E-state index contributed by atoms with van der Waals surface area (Å²) in [6.45, 7) is 6.67. The topological polar surface area (TPSA) is 67.1 Å². The summed E-state index contributed by atoms with van der Waals surface area (Å²) in [5.74, 6) is 0.811. The second kappa shape index (κ2) is 7.78. The highest BCUT2D eigenvalue weighted by atomic mass is 32.1. The molecule has 0 saturated carbocycles. The van der Waals surface area contributed by atoms with Gasteiger partial charge in [0.15, 0.2) is 5.96 Å². The van der Waals surface area contributed by atoms with E-state index in [1.807, 2.05) is 19.4 Å². The molecular formula is C14H22N6S. The van der Waals surface area contributed by atoms with Crippen molar-refractivity contribution in [1.29, 1.82) is 0 Å². The smallest absolute Gasteiger partial charge is 0.191 e. The van der Waals surface area contributed by atoms with Crippen molar-refractivity contribution in [2.75, 3.05) is 13.6 Å². The Bertz CT molecular complexity index is 553. The summed E-state index contributed by atoms with van der Waals surface area (Å²) in [7, 11) is 1.78. The molecule has 0 aliphatic rings. The third kappa shape index (κ3) is 4.86. The molecule has 2 aromatic rings. The number of hydrogen-bond donors (Lipinski definition) is 2. The van der Waals surface area contributed by atoms with E-state index in [-0.39, 0.29) is 0 Å². The normalized spacial score (nSPS) is 11.7. The van der Waals surface area contributed by atoms with Crippen LogP contribution in [0.4, 0.5) is 0 Å². The van der Waals surface area contributed by atoms with Crippen LogP contribution in [0.2, 0.25) is 0 Å². The molecule has 0 aromatic carbocycles. The average molecular weight is 306 g/mol. The number of imidazole rings is 1. The van der Waals surface area contributed by atoms with Crippen LogP contribution in [0.5, 0.6) is 0 Å². The predicted molar refractivity (Wildman–Crippen MR) is 86.6 cm³/mol. The predicted octanol–water partition coefficient (Wildman–Crippen LogP) is 1.71. The number of nitrogens with zero attached hydrogens (tertiary/aromatic N) is 4. The number of aliphatic imine (C=N–C) groups is 1. The lowest BCUT2D eigenvalue weighted by Crippen LogP contribution is -2.37. The Hall–Kier alpha value is -1.89. The van der Waals surface area contributed by atoms with E-state index in [4.69, 9.17) is 0 Å². The number of aryl methyl sites for hydroxylation is 3. The molecule has 0 bridgehead atoms. The maximum absolute atomic E-state index is 4.51. The third-order valence-corrected chi connectivity index (χ3v) is 4.22. The van der Waals surface area contributed by atoms with Gasteiger partial charge in [-0.15, -0.1) is 11.3 Å². The van der Waals surface area contributed by atoms with Gasteiger partial charge in [-0.25, -0.2) is 9.97 Å². The van der Waals surface area contributed by atoms with Gasteiger partial charge in [-0.3, -0.25) is 4.99 Å². The maximum Gasteiger partial charge on any atom is 0.191 e. The molecule has 7 heteroatoms. The number of aromatic nitrogens is 3. The molecule has 0 fully saturated rings. The largest absolute Gasteiger partial charge is 0.356 e. The molecule has 0 aliphatic heterocycles. The number of guanidine groups is 1. The van der Waals surface area contributed by atoms with E-state index in [1.54, 1.807) is 24.6 Å². The minimum atomic E-state index is 0.709. The van der Waals surface area contributed by atoms with E-state index in [2.05, 4.69) is 37.1 Å². The van der Waals surface area contributed by atoms with Gasteiger partial charge in [0.2, 0.25) is 0 Å². The van der Waals surface area contributed by atoms with Gasteiger partial charge in [-0.1, -0.05) is 0 Å². The van der Waals surface area contributed by atoms with Gasteiger partial charge < -0.3 is 15.2 Å². The van der Waals surface area contributed by atoms with Crippen LogP contribution in [-0.4, -0.2) is 34.1 Å². The summed E-state index contributed by atoms with van der Waals surface area (Å²) in [4.78, 5) is 14.0. The first-order chi connectivity index (χ1) is 10.2. The second-order valence-corrected chi connectivity index (χ2v) is 6.04. The van der Waals surface area contributed by atoms with Gasteiger partial charge >= 0.3 is 0 Å². The molecule has 114 valence electrons. The van der Waals surface area contributed by atoms with Crippen LogP contribution < -0.4 is 10.6 Å². The monoisotopic (exact) mass is 306 g/mol. The van der Waals surface area contributed by atoms with Crippen LogP contribution in [0, 0.1) is 13.8 Å². The minimum Gasteiger partial charge on any atom is -0.356 e. The van der Waals surface area contributed by atoms with E-state index < -0.39 is 0 Å². The van der Waals surface area contributed by atoms with Crippen molar-refractivity contribution in [3.05, 3.63) is 34.3 Å². The Morgan fingerprint density at radius 1 is 1.38 bits per heavy atom. The van der Waals surface area contributed by atoms with Gasteiger partial charge in [-0.05, 0) is 20.3 Å². The summed E-state index contributed by atoms with van der Waals surface area (Å²) in [6, 6.07) is 0. The Balaban J connectivity index is 1.68. The van der Waals surface area contributed by atoms with Crippen molar-refractivity contribution in [3.63, 3.8) is 0 Å². The first kappa shape index (κ1) is 15.5. The summed E-state index contributed by atoms with van der Waals surface area (Å²) in [5, 5.41) is 7.68. The minimum absolute atomic E-state index is 0.709. The van der Waals surface area contributed by atoms with Crippen molar-refractivity contribution in [2.24, 2.45) is 4.99 Å². The molecule has 0 unspecified atom stereocenters. The van der Waals surface area contributed by atoms with Crippen molar-refractivity contribution < 1.29 is 0 Å². The number of thiazole rings is 1. The van der Waals surface area contributed by atoms with Crippen molar-refractivity contribution in [3.8, 4) is 0 Å². The van der Waals surface area contributed by atoms with Gasteiger partial charge in [0, 0.05) is 37.4 Å². The van der Waals surface area contributed by atoms with Crippen molar-refractivity contribution in [2.45, 2.75) is 33.4 Å². The molecule has 21 heavy (non-hydrogen) atoms. The molecule has 2 rings (SSSR count). The van der Waals surface area contributed by atoms with Gasteiger partial charge in [0.25, 0.3) is 0 Å². The Kier molecular flexibility index (Phi) is 5.74. The van der Waals surface area contributed by atoms with Crippen LogP contribution >= 0.6 is 11.3 Å². The van der Waals surface area contributed by atoms with E-state index in [0.717, 1.165) is 36.2 Å². The van der Waals surface area contributed by atoms with E-state index in [1.165, 1.54) is 4.88 Å². The van der Waals surface area contributed by atoms with Gasteiger partial charge in [-0.2, -0.15) is 0 Å². The van der Waals surface area contributed by atoms with Crippen molar-refractivity contribution in [1.82, 2.24) is 25.2 Å². The van der Waals surface area contributed by atoms with Gasteiger partial charge in [0.05, 0.1) is 18.6 Å². The Morgan fingerprint density at radius 3 is 2.86 bits per heavy atom. The fraction of sp³-hybridized carbons (Fsp3) is 0.500. The fourth-order valence-electron chi connectivity index (χ4n) is 1.88. The standard InChI is InChI=1S/C14H22N6S/c1-11-12(2)21-13(19-11)9-18-14(15-3)17-5-4-7-20-8-6-16-10-20/h6,8,10H,4-5,7,9H2,1-3H3,(H2,15,17,18). The number of rotatable bonds is 6. The summed E-state index contributed by atoms with van der Waals surface area (Å²) >= 11 is 1.73. The zero-order chi connectivity index (χ0) is 15.1. The maximum atomic E-state index is 4.51. The van der Waals surface area contributed by atoms with Crippen LogP contribution in [0.1, 0.15) is 22.0 Å². The van der Waals surface area contributed by atoms with Crippen LogP contribution in [0.15, 0.2) is 23.7 Å². The molecular weight excluding hydrogens is 284 g/mol. The van der Waals surface area contributed by atoms with Gasteiger partial charge in [0.1, 0.15) is 5.01 Å². The molecule has 0 atom stereocenters. The molecule has 6 nitrogen and oxygen atoms in total. The van der Waals surface area contributed by atoms with Crippen molar-refractivity contribution >= 4 is 17.3 Å². The van der Waals surface area contributed by atoms with E-state index in [9.17, 15) is 0 Å². The lowest BCUT2D eigenvalue weighted by atomic mass is 10.4. The highest BCUT2D eigenvalue weighted by molar-refractivity contribution is 7.11. The molecule has 2 aromatic heterocycles. The van der Waals surface area contributed by atoms with E-state index in [0.29, 0.717) is 6.54 Å². The zero-order valence-electron chi connectivity index (χ0n) is 12.8. The van der Waals surface area contributed by atoms with Crippen LogP contribution in [0.3, 0.4) is 0 Å². The quantitative estimate of drug-likeness (QED) is 0.484. The molecule has 0 amide bonds. The average Bonchev–Trinajstić information content (AvgIpc) is 3.09. The molecule has 0 radical (unpaired) electrons. The second-order valence-electron chi connectivity index (χ2n) is 4.76. The third-order valence-electron chi connectivity index (χ3n) is 3.15.